The molecule has 0 aliphatic carbocycles. The Morgan fingerprint density at radius 1 is 0.511 bits per heavy atom. The number of halogens is 1. The Balaban J connectivity index is 0.000000180. The first-order chi connectivity index (χ1) is 22.6. The van der Waals surface area contributed by atoms with Crippen LogP contribution in [0.4, 0.5) is 11.4 Å². The molecule has 8 nitrogen and oxygen atoms in total. The summed E-state index contributed by atoms with van der Waals surface area (Å²) in [7, 11) is 0. The predicted molar refractivity (Wildman–Crippen MR) is 187 cm³/mol. The first-order valence-corrected chi connectivity index (χ1v) is 15.0. The van der Waals surface area contributed by atoms with Gasteiger partial charge in [0.05, 0.1) is 11.1 Å². The zero-order valence-electron chi connectivity index (χ0n) is 25.0. The Labute approximate surface area is 280 Å². The highest BCUT2D eigenvalue weighted by Gasteiger charge is 2.15. The predicted octanol–water partition coefficient (Wildman–Crippen LogP) is 8.36. The Bertz CT molecular complexity index is 1910. The number of anilines is 2. The molecule has 236 valence electrons. The van der Waals surface area contributed by atoms with E-state index in [9.17, 15) is 19.8 Å². The highest BCUT2D eigenvalue weighted by Crippen LogP contribution is 2.29. The lowest BCUT2D eigenvalue weighted by molar-refractivity contribution is 0.102. The van der Waals surface area contributed by atoms with Crippen LogP contribution in [0.15, 0.2) is 150 Å². The van der Waals surface area contributed by atoms with Crippen molar-refractivity contribution in [1.29, 1.82) is 0 Å². The fourth-order valence-corrected chi connectivity index (χ4v) is 4.37. The number of aromatic hydroxyl groups is 3. The molecule has 6 aromatic carbocycles. The summed E-state index contributed by atoms with van der Waals surface area (Å²) in [6.45, 7) is 0. The smallest absolute Gasteiger partial charge is 0.196 e. The number of hydrogen-bond acceptors (Lipinski definition) is 8. The van der Waals surface area contributed by atoms with Gasteiger partial charge in [-0.05, 0) is 72.8 Å². The minimum atomic E-state index is -0.266. The highest BCUT2D eigenvalue weighted by atomic mass is 79.9. The van der Waals surface area contributed by atoms with Gasteiger partial charge in [-0.15, -0.1) is 0 Å². The van der Waals surface area contributed by atoms with Gasteiger partial charge >= 0.3 is 0 Å². The Hall–Kier alpha value is -6.06. The third-order valence-corrected chi connectivity index (χ3v) is 7.03. The summed E-state index contributed by atoms with van der Waals surface area (Å²) in [6.07, 6.45) is 0. The number of rotatable bonds is 6. The van der Waals surface area contributed by atoms with Crippen molar-refractivity contribution in [2.45, 2.75) is 0 Å². The molecule has 0 amide bonds. The fourth-order valence-electron chi connectivity index (χ4n) is 4.10. The lowest BCUT2D eigenvalue weighted by Gasteiger charge is -2.09. The normalized spacial score (nSPS) is 9.98. The van der Waals surface area contributed by atoms with Crippen LogP contribution in [0.2, 0.25) is 0 Å². The third-order valence-electron chi connectivity index (χ3n) is 6.50. The van der Waals surface area contributed by atoms with Crippen molar-refractivity contribution in [1.82, 2.24) is 0 Å². The molecule has 0 spiro atoms. The third kappa shape index (κ3) is 9.97. The molecule has 47 heavy (non-hydrogen) atoms. The number of ether oxygens (including phenoxy) is 1. The van der Waals surface area contributed by atoms with E-state index in [4.69, 9.17) is 21.3 Å². The molecule has 0 fully saturated rings. The number of ketones is 2. The first-order valence-electron chi connectivity index (χ1n) is 14.2. The van der Waals surface area contributed by atoms with Crippen molar-refractivity contribution in [3.05, 3.63) is 172 Å². The Morgan fingerprint density at radius 2 is 0.936 bits per heavy atom. The van der Waals surface area contributed by atoms with Crippen molar-refractivity contribution in [3.8, 4) is 28.7 Å². The summed E-state index contributed by atoms with van der Waals surface area (Å²) in [5, 5.41) is 28.8. The summed E-state index contributed by atoms with van der Waals surface area (Å²) in [4.78, 5) is 24.3. The van der Waals surface area contributed by atoms with Crippen LogP contribution in [-0.2, 0) is 0 Å². The van der Waals surface area contributed by atoms with Gasteiger partial charge in [-0.25, -0.2) is 0 Å². The molecule has 0 radical (unpaired) electrons. The quantitative estimate of drug-likeness (QED) is 0.0862. The number of nitrogens with two attached hydrogens (primary N) is 2. The molecule has 7 N–H and O–H groups in total. The van der Waals surface area contributed by atoms with Crippen molar-refractivity contribution in [2.24, 2.45) is 0 Å². The maximum atomic E-state index is 12.4. The molecule has 0 aromatic heterocycles. The summed E-state index contributed by atoms with van der Waals surface area (Å²) in [5.74, 6) is 0.139. The van der Waals surface area contributed by atoms with Gasteiger partial charge < -0.3 is 31.5 Å². The minimum absolute atomic E-state index is 0.0675. The monoisotopic (exact) mass is 690 g/mol. The van der Waals surface area contributed by atoms with Crippen LogP contribution in [-0.4, -0.2) is 26.9 Å². The molecule has 0 heterocycles. The second-order valence-electron chi connectivity index (χ2n) is 9.99. The van der Waals surface area contributed by atoms with Gasteiger partial charge in [0.25, 0.3) is 0 Å². The van der Waals surface area contributed by atoms with Crippen LogP contribution in [0.25, 0.3) is 0 Å². The average molecular weight is 692 g/mol. The van der Waals surface area contributed by atoms with E-state index < -0.39 is 0 Å². The number of phenolic OH excluding ortho intramolecular Hbond substituents is 3. The standard InChI is InChI=1S/C19H15NO3.C13H10O3.C6H6BrN/c20-14-6-8-15(9-7-14)23-16-10-11-17(18(21)12-16)19(22)13-4-2-1-3-5-13;14-10-6-7-11(12(15)8-10)13(16)9-4-2-1-3-5-9;7-5-1-3-6(8)4-2-5/h1-12,21H,20H2;1-8,14-15H;1-4H,8H2. The van der Waals surface area contributed by atoms with E-state index in [1.54, 1.807) is 84.9 Å². The molecule has 0 bridgehead atoms. The van der Waals surface area contributed by atoms with Crippen LogP contribution >= 0.6 is 15.9 Å². The molecular formula is C38H31BrN2O6. The van der Waals surface area contributed by atoms with Crippen molar-refractivity contribution in [3.63, 3.8) is 0 Å². The lowest BCUT2D eigenvalue weighted by Crippen LogP contribution is -2.01. The SMILES string of the molecule is Nc1ccc(Br)cc1.Nc1ccc(Oc2ccc(C(=O)c3ccccc3)c(O)c2)cc1.O=C(c1ccccc1)c1ccc(O)cc1O. The second-order valence-corrected chi connectivity index (χ2v) is 10.9. The summed E-state index contributed by atoms with van der Waals surface area (Å²) in [6, 6.07) is 40.5. The number of benzene rings is 6. The van der Waals surface area contributed by atoms with Crippen LogP contribution in [0.3, 0.4) is 0 Å². The van der Waals surface area contributed by atoms with Crippen molar-refractivity contribution >= 4 is 38.9 Å². The van der Waals surface area contributed by atoms with E-state index in [2.05, 4.69) is 15.9 Å². The average Bonchev–Trinajstić information content (AvgIpc) is 3.08. The lowest BCUT2D eigenvalue weighted by atomic mass is 10.0. The van der Waals surface area contributed by atoms with Crippen LogP contribution in [0.1, 0.15) is 31.8 Å². The second kappa shape index (κ2) is 16.3. The van der Waals surface area contributed by atoms with E-state index in [1.165, 1.54) is 18.2 Å². The van der Waals surface area contributed by atoms with E-state index in [-0.39, 0.29) is 39.9 Å². The molecule has 0 aliphatic heterocycles. The summed E-state index contributed by atoms with van der Waals surface area (Å²) in [5.41, 5.74) is 13.9. The molecule has 0 atom stereocenters. The largest absolute Gasteiger partial charge is 0.508 e. The van der Waals surface area contributed by atoms with Gasteiger partial charge in [0, 0.05) is 39.1 Å². The van der Waals surface area contributed by atoms with E-state index in [0.29, 0.717) is 28.3 Å². The molecule has 0 saturated carbocycles. The molecule has 6 rings (SSSR count). The highest BCUT2D eigenvalue weighted by molar-refractivity contribution is 9.10. The number of hydrogen-bond donors (Lipinski definition) is 5. The first kappa shape index (κ1) is 33.8. The number of carbonyl (C=O) groups excluding carboxylic acids is 2. The van der Waals surface area contributed by atoms with Gasteiger partial charge in [0.15, 0.2) is 11.6 Å². The zero-order chi connectivity index (χ0) is 33.8. The molecule has 6 aromatic rings. The zero-order valence-corrected chi connectivity index (χ0v) is 26.5. The molecule has 0 unspecified atom stereocenters. The number of carbonyl (C=O) groups is 2. The van der Waals surface area contributed by atoms with Crippen LogP contribution in [0, 0.1) is 0 Å². The van der Waals surface area contributed by atoms with Crippen molar-refractivity contribution in [2.75, 3.05) is 11.5 Å². The number of phenols is 3. The van der Waals surface area contributed by atoms with Gasteiger partial charge in [-0.3, -0.25) is 9.59 Å². The van der Waals surface area contributed by atoms with Gasteiger partial charge in [-0.1, -0.05) is 76.6 Å². The maximum Gasteiger partial charge on any atom is 0.196 e. The maximum absolute atomic E-state index is 12.4. The van der Waals surface area contributed by atoms with Crippen LogP contribution < -0.4 is 16.2 Å². The van der Waals surface area contributed by atoms with Gasteiger partial charge in [0.1, 0.15) is 28.7 Å². The Morgan fingerprint density at radius 3 is 1.38 bits per heavy atom. The molecular weight excluding hydrogens is 660 g/mol. The topological polar surface area (TPSA) is 156 Å². The summed E-state index contributed by atoms with van der Waals surface area (Å²) >= 11 is 3.29. The molecule has 0 saturated heterocycles. The van der Waals surface area contributed by atoms with E-state index in [0.717, 1.165) is 16.2 Å². The molecule has 0 aliphatic rings. The van der Waals surface area contributed by atoms with Crippen LogP contribution in [0.5, 0.6) is 28.7 Å². The van der Waals surface area contributed by atoms with E-state index >= 15 is 0 Å². The number of nitrogen functional groups attached to an aromatic ring is 2. The minimum Gasteiger partial charge on any atom is -0.508 e. The molecule has 9 heteroatoms. The Kier molecular flexibility index (Phi) is 11.7. The fraction of sp³-hybridized carbons (Fsp3) is 0. The van der Waals surface area contributed by atoms with Gasteiger partial charge in [-0.2, -0.15) is 0 Å². The van der Waals surface area contributed by atoms with Crippen molar-refractivity contribution < 1.29 is 29.6 Å². The van der Waals surface area contributed by atoms with E-state index in [1.807, 2.05) is 36.4 Å². The van der Waals surface area contributed by atoms with Gasteiger partial charge in [0.2, 0.25) is 0 Å². The summed E-state index contributed by atoms with van der Waals surface area (Å²) < 4.78 is 6.69.